The van der Waals surface area contributed by atoms with Crippen molar-refractivity contribution in [2.75, 3.05) is 11.6 Å². The van der Waals surface area contributed by atoms with Crippen LogP contribution in [0.4, 0.5) is 32.0 Å². The summed E-state index contributed by atoms with van der Waals surface area (Å²) >= 11 is 0. The maximum absolute atomic E-state index is 12.5. The molecule has 1 N–H and O–H groups in total. The van der Waals surface area contributed by atoms with Gasteiger partial charge in [0.2, 0.25) is 0 Å². The Bertz CT molecular complexity index is 739. The third-order valence-electron chi connectivity index (χ3n) is 3.33. The smallest absolute Gasteiger partial charge is 0.305 e. The second kappa shape index (κ2) is 6.37. The van der Waals surface area contributed by atoms with Gasteiger partial charge in [0.15, 0.2) is 0 Å². The highest BCUT2D eigenvalue weighted by Crippen LogP contribution is 2.27. The minimum absolute atomic E-state index is 0.0180. The maximum Gasteiger partial charge on any atom is 0.471 e. The van der Waals surface area contributed by atoms with Gasteiger partial charge >= 0.3 is 18.3 Å². The van der Waals surface area contributed by atoms with Gasteiger partial charge in [-0.05, 0) is 30.7 Å². The molecule has 0 radical (unpaired) electrons. The van der Waals surface area contributed by atoms with Crippen molar-refractivity contribution >= 4 is 23.2 Å². The Morgan fingerprint density at radius 2 is 1.76 bits per heavy atom. The predicted octanol–water partition coefficient (Wildman–Crippen LogP) is 2.94. The van der Waals surface area contributed by atoms with Crippen molar-refractivity contribution in [2.24, 2.45) is 5.10 Å². The van der Waals surface area contributed by atoms with Crippen LogP contribution in [0, 0.1) is 6.92 Å². The van der Waals surface area contributed by atoms with Crippen LogP contribution >= 0.6 is 0 Å². The number of halogens is 6. The van der Waals surface area contributed by atoms with Crippen molar-refractivity contribution in [3.8, 4) is 0 Å². The summed E-state index contributed by atoms with van der Waals surface area (Å²) in [6, 6.07) is 3.43. The van der Waals surface area contributed by atoms with E-state index in [9.17, 15) is 35.9 Å². The van der Waals surface area contributed by atoms with E-state index in [1.807, 2.05) is 0 Å². The lowest BCUT2D eigenvalue weighted by atomic mass is 10.0. The van der Waals surface area contributed by atoms with E-state index in [0.717, 1.165) is 6.07 Å². The van der Waals surface area contributed by atoms with Gasteiger partial charge in [-0.2, -0.15) is 31.4 Å². The van der Waals surface area contributed by atoms with Crippen molar-refractivity contribution in [3.05, 3.63) is 29.3 Å². The molecule has 0 saturated heterocycles. The fraction of sp³-hybridized carbons (Fsp3) is 0.357. The number of rotatable bonds is 2. The van der Waals surface area contributed by atoms with Crippen LogP contribution in [-0.4, -0.2) is 36.4 Å². The number of nitrogens with one attached hydrogen (secondary N) is 1. The molecule has 1 aromatic carbocycles. The quantitative estimate of drug-likeness (QED) is 0.646. The van der Waals surface area contributed by atoms with Gasteiger partial charge in [0.1, 0.15) is 5.84 Å². The number of hydrogen-bond acceptors (Lipinski definition) is 4. The minimum Gasteiger partial charge on any atom is -0.305 e. The first-order chi connectivity index (χ1) is 11.4. The Balaban J connectivity index is 2.17. The van der Waals surface area contributed by atoms with Gasteiger partial charge in [-0.3, -0.25) is 14.6 Å². The number of carbonyl (C=O) groups excluding carboxylic acids is 2. The molecule has 0 aliphatic carbocycles. The number of aryl methyl sites for hydroxylation is 1. The number of anilines is 1. The monoisotopic (exact) mass is 367 g/mol. The van der Waals surface area contributed by atoms with Crippen molar-refractivity contribution < 1.29 is 35.9 Å². The summed E-state index contributed by atoms with van der Waals surface area (Å²) < 4.78 is 74.0. The van der Waals surface area contributed by atoms with E-state index in [2.05, 4.69) is 5.10 Å². The number of Topliss-reactive ketones (excluding diaryl/α,β-unsaturated/α-hetero) is 1. The number of hydrazone groups is 1. The van der Waals surface area contributed by atoms with Crippen LogP contribution in [0.5, 0.6) is 0 Å². The Hall–Kier alpha value is -2.59. The fourth-order valence-corrected chi connectivity index (χ4v) is 2.15. The number of amidine groups is 1. The highest BCUT2D eigenvalue weighted by atomic mass is 19.4. The van der Waals surface area contributed by atoms with Crippen molar-refractivity contribution in [3.63, 3.8) is 0 Å². The Kier molecular flexibility index (Phi) is 4.78. The molecular weight excluding hydrogens is 356 g/mol. The molecule has 1 aromatic rings. The first-order valence-corrected chi connectivity index (χ1v) is 6.85. The van der Waals surface area contributed by atoms with Gasteiger partial charge in [0, 0.05) is 18.5 Å². The summed E-state index contributed by atoms with van der Waals surface area (Å²) in [7, 11) is 0. The van der Waals surface area contributed by atoms with Gasteiger partial charge < -0.3 is 5.32 Å². The molecule has 11 heteroatoms. The molecule has 0 aromatic heterocycles. The minimum atomic E-state index is -5.05. The number of benzene rings is 1. The summed E-state index contributed by atoms with van der Waals surface area (Å²) in [5, 5.41) is 6.63. The van der Waals surface area contributed by atoms with Crippen LogP contribution in [0.3, 0.4) is 0 Å². The molecule has 0 bridgehead atoms. The molecule has 1 heterocycles. The summed E-state index contributed by atoms with van der Waals surface area (Å²) in [4.78, 5) is 22.1. The number of carbonyl (C=O) groups is 2. The second-order valence-corrected chi connectivity index (χ2v) is 5.20. The van der Waals surface area contributed by atoms with Crippen LogP contribution in [0.15, 0.2) is 23.3 Å². The third-order valence-corrected chi connectivity index (χ3v) is 3.33. The van der Waals surface area contributed by atoms with Gasteiger partial charge in [-0.15, -0.1) is 0 Å². The van der Waals surface area contributed by atoms with Crippen LogP contribution < -0.4 is 10.3 Å². The normalized spacial score (nSPS) is 15.2. The van der Waals surface area contributed by atoms with Crippen molar-refractivity contribution in [1.82, 2.24) is 5.32 Å². The SMILES string of the molecule is Cc1cc(N2CCC(NC(=O)C(F)(F)F)=N2)ccc1C(=O)C(F)(F)F. The molecule has 1 aliphatic rings. The molecule has 1 amide bonds. The molecule has 136 valence electrons. The summed E-state index contributed by atoms with van der Waals surface area (Å²) in [5.41, 5.74) is -0.194. The zero-order chi connectivity index (χ0) is 19.0. The molecule has 2 rings (SSSR count). The van der Waals surface area contributed by atoms with E-state index >= 15 is 0 Å². The summed E-state index contributed by atoms with van der Waals surface area (Å²) in [5.74, 6) is -4.36. The van der Waals surface area contributed by atoms with E-state index in [4.69, 9.17) is 0 Å². The zero-order valence-corrected chi connectivity index (χ0v) is 12.6. The molecule has 25 heavy (non-hydrogen) atoms. The van der Waals surface area contributed by atoms with Gasteiger partial charge in [0.25, 0.3) is 5.78 Å². The van der Waals surface area contributed by atoms with E-state index < -0.39 is 29.6 Å². The lowest BCUT2D eigenvalue weighted by molar-refractivity contribution is -0.171. The molecule has 5 nitrogen and oxygen atoms in total. The van der Waals surface area contributed by atoms with Gasteiger partial charge in [-0.1, -0.05) is 0 Å². The summed E-state index contributed by atoms with van der Waals surface area (Å²) in [6.07, 6.45) is -10.0. The molecule has 0 atom stereocenters. The Labute approximate surface area is 137 Å². The average Bonchev–Trinajstić information content (AvgIpc) is 2.93. The number of ketones is 1. The van der Waals surface area contributed by atoms with Crippen molar-refractivity contribution in [2.45, 2.75) is 25.7 Å². The molecule has 1 aliphatic heterocycles. The average molecular weight is 367 g/mol. The van der Waals surface area contributed by atoms with Crippen LogP contribution in [0.25, 0.3) is 0 Å². The van der Waals surface area contributed by atoms with Gasteiger partial charge in [0.05, 0.1) is 5.69 Å². The molecular formula is C14H11F6N3O2. The Morgan fingerprint density at radius 3 is 2.28 bits per heavy atom. The van der Waals surface area contributed by atoms with Gasteiger partial charge in [-0.25, -0.2) is 0 Å². The molecule has 0 spiro atoms. The van der Waals surface area contributed by atoms with E-state index in [1.54, 1.807) is 5.32 Å². The Morgan fingerprint density at radius 1 is 1.12 bits per heavy atom. The maximum atomic E-state index is 12.5. The lowest BCUT2D eigenvalue weighted by Crippen LogP contribution is -2.40. The highest BCUT2D eigenvalue weighted by molar-refractivity contribution is 6.02. The van der Waals surface area contributed by atoms with E-state index in [1.165, 1.54) is 24.1 Å². The second-order valence-electron chi connectivity index (χ2n) is 5.20. The van der Waals surface area contributed by atoms with Crippen LogP contribution in [-0.2, 0) is 4.79 Å². The zero-order valence-electron chi connectivity index (χ0n) is 12.6. The van der Waals surface area contributed by atoms with Crippen molar-refractivity contribution in [1.29, 1.82) is 0 Å². The fourth-order valence-electron chi connectivity index (χ4n) is 2.15. The number of nitrogens with zero attached hydrogens (tertiary/aromatic N) is 2. The summed E-state index contributed by atoms with van der Waals surface area (Å²) in [6.45, 7) is 1.42. The number of amides is 1. The molecule has 0 unspecified atom stereocenters. The largest absolute Gasteiger partial charge is 0.471 e. The number of alkyl halides is 6. The number of hydrogen-bond donors (Lipinski definition) is 1. The van der Waals surface area contributed by atoms with E-state index in [-0.39, 0.29) is 30.1 Å². The molecule has 0 fully saturated rings. The third kappa shape index (κ3) is 4.28. The lowest BCUT2D eigenvalue weighted by Gasteiger charge is -2.16. The highest BCUT2D eigenvalue weighted by Gasteiger charge is 2.41. The van der Waals surface area contributed by atoms with Crippen LogP contribution in [0.1, 0.15) is 22.3 Å². The van der Waals surface area contributed by atoms with E-state index in [0.29, 0.717) is 0 Å². The standard InChI is InChI=1S/C14H11F6N3O2/c1-7-6-8(2-3-9(7)11(24)13(15,16)17)23-5-4-10(22-23)21-12(25)14(18,19)20/h2-3,6H,4-5H2,1H3,(H,21,22,25). The first kappa shape index (κ1) is 18.7. The van der Waals surface area contributed by atoms with Crippen LogP contribution in [0.2, 0.25) is 0 Å². The molecule has 0 saturated carbocycles. The predicted molar refractivity (Wildman–Crippen MR) is 75.2 cm³/mol. The topological polar surface area (TPSA) is 61.8 Å². The first-order valence-electron chi connectivity index (χ1n) is 6.85.